The summed E-state index contributed by atoms with van der Waals surface area (Å²) in [5, 5.41) is 0. The predicted octanol–water partition coefficient (Wildman–Crippen LogP) is 2.50. The number of sulfonamides is 1. The number of likely N-dealkylation sites (tertiary alicyclic amines) is 1. The minimum atomic E-state index is -3.91. The van der Waals surface area contributed by atoms with Crippen molar-refractivity contribution in [3.05, 3.63) is 59.4 Å². The highest BCUT2D eigenvalue weighted by Gasteiger charge is 2.25. The highest BCUT2D eigenvalue weighted by molar-refractivity contribution is 7.92. The molecule has 0 spiro atoms. The van der Waals surface area contributed by atoms with Crippen molar-refractivity contribution < 1.29 is 17.6 Å². The Morgan fingerprint density at radius 3 is 2.59 bits per heavy atom. The number of aryl methyl sites for hydroxylation is 1. The molecule has 1 fully saturated rings. The molecule has 0 radical (unpaired) electrons. The molecule has 1 aliphatic rings. The fourth-order valence-electron chi connectivity index (χ4n) is 3.10. The minimum absolute atomic E-state index is 0.0258. The van der Waals surface area contributed by atoms with Crippen molar-refractivity contribution >= 4 is 21.6 Å². The second-order valence-corrected chi connectivity index (χ2v) is 8.42. The average Bonchev–Trinajstić information content (AvgIpc) is 2.63. The summed E-state index contributed by atoms with van der Waals surface area (Å²) in [6.07, 6.45) is 1.70. The van der Waals surface area contributed by atoms with Gasteiger partial charge in [0, 0.05) is 30.4 Å². The zero-order chi connectivity index (χ0) is 19.6. The molecule has 0 aromatic heterocycles. The van der Waals surface area contributed by atoms with Crippen molar-refractivity contribution in [3.8, 4) is 0 Å². The van der Waals surface area contributed by atoms with Crippen LogP contribution < -0.4 is 10.5 Å². The molecule has 144 valence electrons. The molecule has 1 unspecified atom stereocenters. The summed E-state index contributed by atoms with van der Waals surface area (Å²) < 4.78 is 40.7. The molecule has 3 N–H and O–H groups in total. The number of amides is 1. The van der Waals surface area contributed by atoms with Crippen LogP contribution in [0, 0.1) is 12.7 Å². The maximum Gasteiger partial charge on any atom is 0.261 e. The van der Waals surface area contributed by atoms with Crippen molar-refractivity contribution in [1.82, 2.24) is 4.90 Å². The maximum atomic E-state index is 13.0. The van der Waals surface area contributed by atoms with E-state index in [0.29, 0.717) is 24.2 Å². The molecular formula is C19H22FN3O3S. The number of hydrogen-bond donors (Lipinski definition) is 2. The number of carbonyl (C=O) groups excluding carboxylic acids is 1. The Hall–Kier alpha value is -2.45. The van der Waals surface area contributed by atoms with E-state index in [1.807, 2.05) is 0 Å². The van der Waals surface area contributed by atoms with E-state index >= 15 is 0 Å². The average molecular weight is 391 g/mol. The van der Waals surface area contributed by atoms with Gasteiger partial charge in [0.15, 0.2) is 0 Å². The number of piperidine rings is 1. The third-order valence-electron chi connectivity index (χ3n) is 4.59. The first-order valence-corrected chi connectivity index (χ1v) is 10.2. The summed E-state index contributed by atoms with van der Waals surface area (Å²) in [7, 11) is -3.91. The van der Waals surface area contributed by atoms with E-state index in [9.17, 15) is 17.6 Å². The summed E-state index contributed by atoms with van der Waals surface area (Å²) in [5.41, 5.74) is 7.22. The number of anilines is 1. The van der Waals surface area contributed by atoms with Gasteiger partial charge in [0.05, 0.1) is 4.90 Å². The van der Waals surface area contributed by atoms with E-state index in [1.54, 1.807) is 17.9 Å². The van der Waals surface area contributed by atoms with Crippen LogP contribution >= 0.6 is 0 Å². The van der Waals surface area contributed by atoms with Gasteiger partial charge in [-0.15, -0.1) is 0 Å². The molecule has 0 aliphatic carbocycles. The van der Waals surface area contributed by atoms with Crippen LogP contribution in [0.15, 0.2) is 47.4 Å². The number of nitrogens with one attached hydrogen (secondary N) is 1. The lowest BCUT2D eigenvalue weighted by atomic mass is 10.0. The van der Waals surface area contributed by atoms with Gasteiger partial charge in [0.2, 0.25) is 0 Å². The lowest BCUT2D eigenvalue weighted by Crippen LogP contribution is -2.45. The number of rotatable bonds is 4. The van der Waals surface area contributed by atoms with Crippen molar-refractivity contribution in [2.24, 2.45) is 5.73 Å². The Bertz CT molecular complexity index is 945. The van der Waals surface area contributed by atoms with Gasteiger partial charge in [-0.3, -0.25) is 9.52 Å². The molecule has 8 heteroatoms. The van der Waals surface area contributed by atoms with Crippen LogP contribution in [-0.4, -0.2) is 38.4 Å². The standard InChI is InChI=1S/C19H22FN3O3S/c1-13-4-9-17(27(25,26)22-16-7-5-14(20)6-8-16)11-18(13)19(24)23-10-2-3-15(21)12-23/h4-9,11,15,22H,2-3,10,12,21H2,1H3. The fraction of sp³-hybridized carbons (Fsp3) is 0.316. The van der Waals surface area contributed by atoms with E-state index in [0.717, 1.165) is 12.8 Å². The van der Waals surface area contributed by atoms with Crippen LogP contribution in [0.4, 0.5) is 10.1 Å². The molecule has 1 amide bonds. The Labute approximate surface area is 158 Å². The van der Waals surface area contributed by atoms with Crippen molar-refractivity contribution in [2.45, 2.75) is 30.7 Å². The Morgan fingerprint density at radius 2 is 1.93 bits per heavy atom. The molecule has 1 saturated heterocycles. The molecule has 0 bridgehead atoms. The lowest BCUT2D eigenvalue weighted by Gasteiger charge is -2.31. The van der Waals surface area contributed by atoms with E-state index in [4.69, 9.17) is 5.73 Å². The quantitative estimate of drug-likeness (QED) is 0.838. The number of nitrogens with two attached hydrogens (primary N) is 1. The Kier molecular flexibility index (Phi) is 5.48. The molecule has 3 rings (SSSR count). The monoisotopic (exact) mass is 391 g/mol. The maximum absolute atomic E-state index is 13.0. The van der Waals surface area contributed by atoms with E-state index < -0.39 is 15.8 Å². The van der Waals surface area contributed by atoms with E-state index in [2.05, 4.69) is 4.72 Å². The minimum Gasteiger partial charge on any atom is -0.337 e. The largest absolute Gasteiger partial charge is 0.337 e. The van der Waals surface area contributed by atoms with Crippen LogP contribution in [-0.2, 0) is 10.0 Å². The van der Waals surface area contributed by atoms with Gasteiger partial charge in [0.25, 0.3) is 15.9 Å². The van der Waals surface area contributed by atoms with E-state index in [-0.39, 0.29) is 22.5 Å². The van der Waals surface area contributed by atoms with Gasteiger partial charge in [0.1, 0.15) is 5.82 Å². The summed E-state index contributed by atoms with van der Waals surface area (Å²) in [5.74, 6) is -0.678. The third kappa shape index (κ3) is 4.45. The van der Waals surface area contributed by atoms with Crippen molar-refractivity contribution in [2.75, 3.05) is 17.8 Å². The van der Waals surface area contributed by atoms with Crippen molar-refractivity contribution in [3.63, 3.8) is 0 Å². The molecule has 2 aromatic carbocycles. The first-order chi connectivity index (χ1) is 12.8. The first-order valence-electron chi connectivity index (χ1n) is 8.70. The summed E-state index contributed by atoms with van der Waals surface area (Å²) in [6, 6.07) is 9.38. The molecule has 1 aliphatic heterocycles. The molecule has 2 aromatic rings. The predicted molar refractivity (Wildman–Crippen MR) is 102 cm³/mol. The highest BCUT2D eigenvalue weighted by Crippen LogP contribution is 2.22. The van der Waals surface area contributed by atoms with Crippen LogP contribution in [0.3, 0.4) is 0 Å². The highest BCUT2D eigenvalue weighted by atomic mass is 32.2. The van der Waals surface area contributed by atoms with Crippen LogP contribution in [0.1, 0.15) is 28.8 Å². The summed E-state index contributed by atoms with van der Waals surface area (Å²) in [4.78, 5) is 14.5. The zero-order valence-corrected chi connectivity index (χ0v) is 15.8. The zero-order valence-electron chi connectivity index (χ0n) is 15.0. The second kappa shape index (κ2) is 7.66. The molecular weight excluding hydrogens is 369 g/mol. The second-order valence-electron chi connectivity index (χ2n) is 6.74. The molecule has 1 atom stereocenters. The number of hydrogen-bond acceptors (Lipinski definition) is 4. The lowest BCUT2D eigenvalue weighted by molar-refractivity contribution is 0.0708. The molecule has 0 saturated carbocycles. The van der Waals surface area contributed by atoms with Gasteiger partial charge in [-0.2, -0.15) is 0 Å². The third-order valence-corrected chi connectivity index (χ3v) is 5.97. The van der Waals surface area contributed by atoms with Crippen LogP contribution in [0.25, 0.3) is 0 Å². The Morgan fingerprint density at radius 1 is 1.22 bits per heavy atom. The molecule has 27 heavy (non-hydrogen) atoms. The van der Waals surface area contributed by atoms with Gasteiger partial charge in [-0.1, -0.05) is 6.07 Å². The van der Waals surface area contributed by atoms with Gasteiger partial charge in [-0.05, 0) is 61.7 Å². The number of nitrogens with zero attached hydrogens (tertiary/aromatic N) is 1. The van der Waals surface area contributed by atoms with Crippen LogP contribution in [0.5, 0.6) is 0 Å². The fourth-order valence-corrected chi connectivity index (χ4v) is 4.18. The number of halogens is 1. The topological polar surface area (TPSA) is 92.5 Å². The van der Waals surface area contributed by atoms with Crippen molar-refractivity contribution in [1.29, 1.82) is 0 Å². The number of carbonyl (C=O) groups is 1. The first kappa shape index (κ1) is 19.3. The van der Waals surface area contributed by atoms with Gasteiger partial charge >= 0.3 is 0 Å². The van der Waals surface area contributed by atoms with Crippen LogP contribution in [0.2, 0.25) is 0 Å². The normalized spacial score (nSPS) is 17.6. The summed E-state index contributed by atoms with van der Waals surface area (Å²) in [6.45, 7) is 2.83. The van der Waals surface area contributed by atoms with E-state index in [1.165, 1.54) is 36.4 Å². The van der Waals surface area contributed by atoms with Gasteiger partial charge < -0.3 is 10.6 Å². The molecule has 6 nitrogen and oxygen atoms in total. The number of benzene rings is 2. The SMILES string of the molecule is Cc1ccc(S(=O)(=O)Nc2ccc(F)cc2)cc1C(=O)N1CCCC(N)C1. The van der Waals surface area contributed by atoms with Gasteiger partial charge in [-0.25, -0.2) is 12.8 Å². The Balaban J connectivity index is 1.87. The smallest absolute Gasteiger partial charge is 0.261 e. The summed E-state index contributed by atoms with van der Waals surface area (Å²) >= 11 is 0. The molecule has 1 heterocycles.